The van der Waals surface area contributed by atoms with Gasteiger partial charge in [0.05, 0.1) is 4.88 Å². The first-order chi connectivity index (χ1) is 9.06. The summed E-state index contributed by atoms with van der Waals surface area (Å²) in [5.41, 5.74) is 6.68. The zero-order chi connectivity index (χ0) is 13.8. The predicted molar refractivity (Wildman–Crippen MR) is 78.0 cm³/mol. The smallest absolute Gasteiger partial charge is 0.140 e. The first kappa shape index (κ1) is 13.5. The van der Waals surface area contributed by atoms with Crippen molar-refractivity contribution in [3.8, 4) is 5.75 Å². The van der Waals surface area contributed by atoms with Gasteiger partial charge in [-0.3, -0.25) is 5.41 Å². The predicted octanol–water partition coefficient (Wildman–Crippen LogP) is 3.13. The highest BCUT2D eigenvalue weighted by Crippen LogP contribution is 2.20. The Bertz CT molecular complexity index is 560. The van der Waals surface area contributed by atoms with Gasteiger partial charge in [-0.1, -0.05) is 26.0 Å². The monoisotopic (exact) mass is 275 g/mol. The summed E-state index contributed by atoms with van der Waals surface area (Å²) in [6, 6.07) is 8.08. The van der Waals surface area contributed by atoms with Crippen molar-refractivity contribution in [2.45, 2.75) is 26.4 Å². The maximum atomic E-state index is 7.32. The number of nitrogen functional groups attached to an aromatic ring is 1. The number of aromatic nitrogens is 1. The number of rotatable bonds is 5. The van der Waals surface area contributed by atoms with Crippen LogP contribution in [0.3, 0.4) is 0 Å². The van der Waals surface area contributed by atoms with E-state index in [1.165, 1.54) is 16.9 Å². The van der Waals surface area contributed by atoms with Crippen LogP contribution in [0, 0.1) is 5.41 Å². The molecule has 0 aliphatic heterocycles. The van der Waals surface area contributed by atoms with Gasteiger partial charge in [-0.25, -0.2) is 4.98 Å². The fraction of sp³-hybridized carbons (Fsp3) is 0.286. The molecule has 3 N–H and O–H groups in total. The second kappa shape index (κ2) is 5.84. The lowest BCUT2D eigenvalue weighted by atomic mass is 10.0. The molecule has 0 radical (unpaired) electrons. The highest BCUT2D eigenvalue weighted by molar-refractivity contribution is 7.13. The Morgan fingerprint density at radius 3 is 2.58 bits per heavy atom. The molecule has 2 rings (SSSR count). The van der Waals surface area contributed by atoms with Crippen molar-refractivity contribution in [3.05, 3.63) is 45.9 Å². The van der Waals surface area contributed by atoms with Gasteiger partial charge in [0.2, 0.25) is 0 Å². The van der Waals surface area contributed by atoms with Gasteiger partial charge in [-0.15, -0.1) is 11.3 Å². The van der Waals surface area contributed by atoms with Crippen molar-refractivity contribution in [3.63, 3.8) is 0 Å². The van der Waals surface area contributed by atoms with Crippen LogP contribution in [0.25, 0.3) is 0 Å². The van der Waals surface area contributed by atoms with Crippen LogP contribution >= 0.6 is 11.3 Å². The SMILES string of the molecule is CC(C)c1ccc(OCc2ncc(C(=N)N)s2)cc1. The Balaban J connectivity index is 1.96. The zero-order valence-electron chi connectivity index (χ0n) is 11.0. The van der Waals surface area contributed by atoms with Crippen molar-refractivity contribution >= 4 is 17.2 Å². The van der Waals surface area contributed by atoms with Crippen molar-refractivity contribution in [2.24, 2.45) is 5.73 Å². The third kappa shape index (κ3) is 3.54. The maximum Gasteiger partial charge on any atom is 0.140 e. The van der Waals surface area contributed by atoms with E-state index in [-0.39, 0.29) is 5.84 Å². The number of hydrogen-bond acceptors (Lipinski definition) is 4. The van der Waals surface area contributed by atoms with Gasteiger partial charge in [0, 0.05) is 6.20 Å². The standard InChI is InChI=1S/C14H17N3OS/c1-9(2)10-3-5-11(6-4-10)18-8-13-17-7-12(19-13)14(15)16/h3-7,9H,8H2,1-2H3,(H3,15,16). The van der Waals surface area contributed by atoms with E-state index in [9.17, 15) is 0 Å². The van der Waals surface area contributed by atoms with E-state index in [1.807, 2.05) is 12.1 Å². The molecule has 0 fully saturated rings. The third-order valence-corrected chi connectivity index (χ3v) is 3.73. The van der Waals surface area contributed by atoms with Crippen LogP contribution in [0.2, 0.25) is 0 Å². The minimum atomic E-state index is 0.0463. The number of amidine groups is 1. The quantitative estimate of drug-likeness (QED) is 0.650. The van der Waals surface area contributed by atoms with E-state index in [4.69, 9.17) is 15.9 Å². The zero-order valence-corrected chi connectivity index (χ0v) is 11.8. The summed E-state index contributed by atoms with van der Waals surface area (Å²) in [5, 5.41) is 8.13. The van der Waals surface area contributed by atoms with Gasteiger partial charge in [0.15, 0.2) is 0 Å². The van der Waals surface area contributed by atoms with Crippen LogP contribution in [0.5, 0.6) is 5.75 Å². The largest absolute Gasteiger partial charge is 0.486 e. The van der Waals surface area contributed by atoms with E-state index in [2.05, 4.69) is 31.0 Å². The molecule has 0 aliphatic rings. The molecule has 0 amide bonds. The van der Waals surface area contributed by atoms with E-state index in [1.54, 1.807) is 6.20 Å². The van der Waals surface area contributed by atoms with Gasteiger partial charge < -0.3 is 10.5 Å². The highest BCUT2D eigenvalue weighted by Gasteiger charge is 2.05. The van der Waals surface area contributed by atoms with E-state index >= 15 is 0 Å². The number of ether oxygens (including phenoxy) is 1. The second-order valence-corrected chi connectivity index (χ2v) is 5.66. The van der Waals surface area contributed by atoms with Crippen molar-refractivity contribution in [1.29, 1.82) is 5.41 Å². The molecule has 0 unspecified atom stereocenters. The molecular weight excluding hydrogens is 258 g/mol. The summed E-state index contributed by atoms with van der Waals surface area (Å²) in [7, 11) is 0. The van der Waals surface area contributed by atoms with E-state index < -0.39 is 0 Å². The van der Waals surface area contributed by atoms with Crippen molar-refractivity contribution < 1.29 is 4.74 Å². The molecule has 0 atom stereocenters. The molecule has 5 heteroatoms. The Hall–Kier alpha value is -1.88. The molecule has 1 aromatic heterocycles. The Kier molecular flexibility index (Phi) is 4.16. The molecule has 0 bridgehead atoms. The molecule has 0 saturated heterocycles. The first-order valence-electron chi connectivity index (χ1n) is 6.08. The topological polar surface area (TPSA) is 72.0 Å². The molecule has 1 aromatic carbocycles. The maximum absolute atomic E-state index is 7.32. The minimum absolute atomic E-state index is 0.0463. The molecular formula is C14H17N3OS. The number of nitrogens with two attached hydrogens (primary N) is 1. The fourth-order valence-corrected chi connectivity index (χ4v) is 2.29. The van der Waals surface area contributed by atoms with Crippen LogP contribution in [0.1, 0.15) is 35.2 Å². The lowest BCUT2D eigenvalue weighted by Crippen LogP contribution is -2.08. The Labute approximate surface area is 116 Å². The van der Waals surface area contributed by atoms with Gasteiger partial charge >= 0.3 is 0 Å². The van der Waals surface area contributed by atoms with Gasteiger partial charge in [-0.2, -0.15) is 0 Å². The molecule has 100 valence electrons. The summed E-state index contributed by atoms with van der Waals surface area (Å²) in [5.74, 6) is 1.39. The van der Waals surface area contributed by atoms with Gasteiger partial charge in [0.1, 0.15) is 23.2 Å². The molecule has 19 heavy (non-hydrogen) atoms. The highest BCUT2D eigenvalue weighted by atomic mass is 32.1. The van der Waals surface area contributed by atoms with Crippen LogP contribution < -0.4 is 10.5 Å². The number of thiazole rings is 1. The minimum Gasteiger partial charge on any atom is -0.486 e. The average molecular weight is 275 g/mol. The lowest BCUT2D eigenvalue weighted by Gasteiger charge is -2.07. The van der Waals surface area contributed by atoms with Crippen molar-refractivity contribution in [2.75, 3.05) is 0 Å². The lowest BCUT2D eigenvalue weighted by molar-refractivity contribution is 0.305. The Morgan fingerprint density at radius 2 is 2.05 bits per heavy atom. The average Bonchev–Trinajstić information content (AvgIpc) is 2.86. The molecule has 0 spiro atoms. The fourth-order valence-electron chi connectivity index (χ4n) is 1.60. The number of nitrogens with zero attached hydrogens (tertiary/aromatic N) is 1. The summed E-state index contributed by atoms with van der Waals surface area (Å²) in [6.07, 6.45) is 1.60. The van der Waals surface area contributed by atoms with Crippen molar-refractivity contribution in [1.82, 2.24) is 4.98 Å². The van der Waals surface area contributed by atoms with Crippen LogP contribution in [0.4, 0.5) is 0 Å². The molecule has 4 nitrogen and oxygen atoms in total. The summed E-state index contributed by atoms with van der Waals surface area (Å²) in [6.45, 7) is 4.72. The molecule has 0 aliphatic carbocycles. The normalized spacial score (nSPS) is 10.7. The van der Waals surface area contributed by atoms with Crippen LogP contribution in [-0.4, -0.2) is 10.8 Å². The Morgan fingerprint density at radius 1 is 1.37 bits per heavy atom. The summed E-state index contributed by atoms with van der Waals surface area (Å²) in [4.78, 5) is 4.85. The van der Waals surface area contributed by atoms with Crippen LogP contribution in [-0.2, 0) is 6.61 Å². The summed E-state index contributed by atoms with van der Waals surface area (Å²) >= 11 is 1.38. The first-order valence-corrected chi connectivity index (χ1v) is 6.89. The van der Waals surface area contributed by atoms with E-state index in [0.29, 0.717) is 17.4 Å². The molecule has 1 heterocycles. The summed E-state index contributed by atoms with van der Waals surface area (Å²) < 4.78 is 5.66. The number of hydrogen-bond donors (Lipinski definition) is 2. The van der Waals surface area contributed by atoms with E-state index in [0.717, 1.165) is 10.8 Å². The van der Waals surface area contributed by atoms with Gasteiger partial charge in [-0.05, 0) is 23.6 Å². The van der Waals surface area contributed by atoms with Gasteiger partial charge in [0.25, 0.3) is 0 Å². The second-order valence-electron chi connectivity index (χ2n) is 4.54. The molecule has 2 aromatic rings. The third-order valence-electron chi connectivity index (χ3n) is 2.73. The number of nitrogens with one attached hydrogen (secondary N) is 1. The number of benzene rings is 1. The molecule has 0 saturated carbocycles. The van der Waals surface area contributed by atoms with Crippen LogP contribution in [0.15, 0.2) is 30.5 Å².